The van der Waals surface area contributed by atoms with Gasteiger partial charge in [-0.15, -0.1) is 12.4 Å². The molecule has 162 valence electrons. The van der Waals surface area contributed by atoms with E-state index in [4.69, 9.17) is 10.5 Å². The summed E-state index contributed by atoms with van der Waals surface area (Å²) in [7, 11) is 0. The zero-order chi connectivity index (χ0) is 20.5. The van der Waals surface area contributed by atoms with E-state index in [1.165, 1.54) is 0 Å². The van der Waals surface area contributed by atoms with Crippen molar-refractivity contribution in [3.05, 3.63) is 35.4 Å². The van der Waals surface area contributed by atoms with E-state index in [1.54, 1.807) is 0 Å². The summed E-state index contributed by atoms with van der Waals surface area (Å²) in [5.41, 5.74) is 7.03. The van der Waals surface area contributed by atoms with Gasteiger partial charge in [-0.1, -0.05) is 31.5 Å². The lowest BCUT2D eigenvalue weighted by Crippen LogP contribution is -2.76. The third-order valence-electron chi connectivity index (χ3n) is 6.65. The van der Waals surface area contributed by atoms with Crippen molar-refractivity contribution in [3.63, 3.8) is 0 Å². The number of rotatable bonds is 5. The number of hydrogen-bond donors (Lipinski definition) is 2. The summed E-state index contributed by atoms with van der Waals surface area (Å²) in [5, 5.41) is 3.13. The minimum atomic E-state index is -0.901. The first-order valence-corrected chi connectivity index (χ1v) is 10.3. The van der Waals surface area contributed by atoms with Crippen molar-refractivity contribution in [2.75, 3.05) is 19.7 Å². The minimum Gasteiger partial charge on any atom is -0.378 e. The van der Waals surface area contributed by atoms with Crippen molar-refractivity contribution in [1.29, 1.82) is 0 Å². The highest BCUT2D eigenvalue weighted by molar-refractivity contribution is 5.94. The molecule has 2 unspecified atom stereocenters. The van der Waals surface area contributed by atoms with Crippen LogP contribution in [0.15, 0.2) is 24.3 Å². The molecule has 3 N–H and O–H groups in total. The number of carbonyl (C=O) groups excluding carboxylic acids is 2. The summed E-state index contributed by atoms with van der Waals surface area (Å²) in [4.78, 5) is 27.4. The van der Waals surface area contributed by atoms with Gasteiger partial charge in [-0.05, 0) is 38.8 Å². The Hall–Kier alpha value is -1.63. The van der Waals surface area contributed by atoms with Crippen LogP contribution in [0, 0.1) is 12.3 Å². The Morgan fingerprint density at radius 2 is 1.79 bits per heavy atom. The van der Waals surface area contributed by atoms with Gasteiger partial charge in [-0.3, -0.25) is 9.59 Å². The molecule has 29 heavy (non-hydrogen) atoms. The molecule has 1 saturated carbocycles. The number of likely N-dealkylation sites (tertiary alicyclic amines) is 1. The van der Waals surface area contributed by atoms with Crippen LogP contribution in [0.1, 0.15) is 56.0 Å². The van der Waals surface area contributed by atoms with E-state index in [0.717, 1.165) is 18.4 Å². The van der Waals surface area contributed by atoms with E-state index >= 15 is 0 Å². The molecule has 0 radical (unpaired) electrons. The van der Waals surface area contributed by atoms with Crippen molar-refractivity contribution in [2.24, 2.45) is 11.1 Å². The van der Waals surface area contributed by atoms with Gasteiger partial charge in [0.05, 0.1) is 6.10 Å². The number of nitrogens with zero attached hydrogens (tertiary/aromatic N) is 1. The van der Waals surface area contributed by atoms with Crippen LogP contribution < -0.4 is 11.1 Å². The third-order valence-corrected chi connectivity index (χ3v) is 6.65. The molecule has 1 heterocycles. The predicted molar refractivity (Wildman–Crippen MR) is 116 cm³/mol. The van der Waals surface area contributed by atoms with Crippen LogP contribution in [-0.4, -0.2) is 54.1 Å². The Labute approximate surface area is 179 Å². The second kappa shape index (κ2) is 9.02. The maximum absolute atomic E-state index is 12.9. The number of benzene rings is 1. The molecule has 2 fully saturated rings. The molecule has 2 aliphatic rings. The fourth-order valence-corrected chi connectivity index (χ4v) is 4.24. The lowest BCUT2D eigenvalue weighted by Gasteiger charge is -2.57. The standard InChI is InChI=1S/C22H33N3O3.ClH/c1-5-28-18-14-22(23,21(18,3)4)20(27)24-17-10-12-25(13-11-17)19(26)16-8-6-15(2)7-9-16;/h6-9,17-18H,5,10-14,23H2,1-4H3,(H,24,27);1H. The van der Waals surface area contributed by atoms with Crippen LogP contribution in [0.25, 0.3) is 0 Å². The number of halogens is 1. The quantitative estimate of drug-likeness (QED) is 0.762. The van der Waals surface area contributed by atoms with Gasteiger partial charge in [0.1, 0.15) is 5.54 Å². The van der Waals surface area contributed by atoms with Gasteiger partial charge >= 0.3 is 0 Å². The average molecular weight is 424 g/mol. The second-order valence-corrected chi connectivity index (χ2v) is 8.75. The van der Waals surface area contributed by atoms with Gasteiger partial charge in [-0.2, -0.15) is 0 Å². The van der Waals surface area contributed by atoms with E-state index in [1.807, 2.05) is 56.9 Å². The van der Waals surface area contributed by atoms with Gasteiger partial charge in [0.2, 0.25) is 5.91 Å². The Morgan fingerprint density at radius 3 is 2.31 bits per heavy atom. The van der Waals surface area contributed by atoms with Crippen molar-refractivity contribution < 1.29 is 14.3 Å². The SMILES string of the molecule is CCOC1CC(N)(C(=O)NC2CCN(C(=O)c3ccc(C)cc3)CC2)C1(C)C.Cl. The van der Waals surface area contributed by atoms with Gasteiger partial charge < -0.3 is 20.7 Å². The number of nitrogens with two attached hydrogens (primary N) is 1. The summed E-state index contributed by atoms with van der Waals surface area (Å²) >= 11 is 0. The molecule has 1 aromatic rings. The van der Waals surface area contributed by atoms with Crippen LogP contribution in [0.3, 0.4) is 0 Å². The topological polar surface area (TPSA) is 84.7 Å². The minimum absolute atomic E-state index is 0. The Bertz CT molecular complexity index is 729. The average Bonchev–Trinajstić information content (AvgIpc) is 2.68. The van der Waals surface area contributed by atoms with Gasteiger partial charge in [0.25, 0.3) is 5.91 Å². The van der Waals surface area contributed by atoms with E-state index < -0.39 is 11.0 Å². The highest BCUT2D eigenvalue weighted by atomic mass is 35.5. The summed E-state index contributed by atoms with van der Waals surface area (Å²) in [6, 6.07) is 7.71. The maximum Gasteiger partial charge on any atom is 0.253 e. The molecule has 3 rings (SSSR count). The maximum atomic E-state index is 12.9. The van der Waals surface area contributed by atoms with Gasteiger partial charge in [-0.25, -0.2) is 0 Å². The zero-order valence-electron chi connectivity index (χ0n) is 17.9. The molecule has 2 amide bonds. The molecule has 7 heteroatoms. The van der Waals surface area contributed by atoms with E-state index in [-0.39, 0.29) is 36.4 Å². The van der Waals surface area contributed by atoms with E-state index in [9.17, 15) is 9.59 Å². The fraction of sp³-hybridized carbons (Fsp3) is 0.636. The van der Waals surface area contributed by atoms with Crippen LogP contribution in [0.5, 0.6) is 0 Å². The first-order chi connectivity index (χ1) is 13.2. The summed E-state index contributed by atoms with van der Waals surface area (Å²) < 4.78 is 5.71. The van der Waals surface area contributed by atoms with Crippen LogP contribution in [0.4, 0.5) is 0 Å². The first-order valence-electron chi connectivity index (χ1n) is 10.3. The number of hydrogen-bond acceptors (Lipinski definition) is 4. The number of amides is 2. The summed E-state index contributed by atoms with van der Waals surface area (Å²) in [5.74, 6) is -0.0449. The lowest BCUT2D eigenvalue weighted by molar-refractivity contribution is -0.171. The third kappa shape index (κ3) is 4.44. The number of carbonyl (C=O) groups is 2. The molecular formula is C22H34ClN3O3. The van der Waals surface area contributed by atoms with E-state index in [2.05, 4.69) is 5.32 Å². The Balaban J connectivity index is 0.00000300. The number of aryl methyl sites for hydroxylation is 1. The van der Waals surface area contributed by atoms with Gasteiger partial charge in [0, 0.05) is 43.1 Å². The molecule has 6 nitrogen and oxygen atoms in total. The van der Waals surface area contributed by atoms with Crippen LogP contribution >= 0.6 is 12.4 Å². The Morgan fingerprint density at radius 1 is 1.21 bits per heavy atom. The molecule has 1 saturated heterocycles. The lowest BCUT2D eigenvalue weighted by atomic mass is 9.54. The van der Waals surface area contributed by atoms with Crippen molar-refractivity contribution in [3.8, 4) is 0 Å². The molecular weight excluding hydrogens is 390 g/mol. The monoisotopic (exact) mass is 423 g/mol. The molecule has 1 aliphatic carbocycles. The fourth-order valence-electron chi connectivity index (χ4n) is 4.24. The summed E-state index contributed by atoms with van der Waals surface area (Å²) in [6.45, 7) is 9.86. The predicted octanol–water partition coefficient (Wildman–Crippen LogP) is 2.67. The van der Waals surface area contributed by atoms with E-state index in [0.29, 0.717) is 31.7 Å². The molecule has 0 spiro atoms. The van der Waals surface area contributed by atoms with Crippen LogP contribution in [-0.2, 0) is 9.53 Å². The largest absolute Gasteiger partial charge is 0.378 e. The molecule has 0 bridgehead atoms. The molecule has 0 aromatic heterocycles. The van der Waals surface area contributed by atoms with Crippen molar-refractivity contribution >= 4 is 24.2 Å². The summed E-state index contributed by atoms with van der Waals surface area (Å²) in [6.07, 6.45) is 2.05. The number of nitrogens with one attached hydrogen (secondary N) is 1. The van der Waals surface area contributed by atoms with Crippen LogP contribution in [0.2, 0.25) is 0 Å². The first kappa shape index (κ1) is 23.6. The number of ether oxygens (including phenoxy) is 1. The highest BCUT2D eigenvalue weighted by Crippen LogP contribution is 2.49. The van der Waals surface area contributed by atoms with Gasteiger partial charge in [0.15, 0.2) is 0 Å². The Kier molecular flexibility index (Phi) is 7.36. The highest BCUT2D eigenvalue weighted by Gasteiger charge is 2.63. The second-order valence-electron chi connectivity index (χ2n) is 8.75. The van der Waals surface area contributed by atoms with Crippen molar-refractivity contribution in [1.82, 2.24) is 10.2 Å². The normalized spacial score (nSPS) is 26.2. The molecule has 1 aliphatic heterocycles. The zero-order valence-corrected chi connectivity index (χ0v) is 18.7. The van der Waals surface area contributed by atoms with Crippen molar-refractivity contribution in [2.45, 2.75) is 64.6 Å². The number of piperidine rings is 1. The molecule has 2 atom stereocenters. The smallest absolute Gasteiger partial charge is 0.253 e. The molecule has 1 aromatic carbocycles.